The summed E-state index contributed by atoms with van der Waals surface area (Å²) in [5.41, 5.74) is 1.27. The molecule has 164 valence electrons. The van der Waals surface area contributed by atoms with Crippen LogP contribution in [0.5, 0.6) is 0 Å². The lowest BCUT2D eigenvalue weighted by molar-refractivity contribution is 0.0523. The van der Waals surface area contributed by atoms with Gasteiger partial charge in [-0.25, -0.2) is 13.5 Å². The summed E-state index contributed by atoms with van der Waals surface area (Å²) in [6.45, 7) is 9.01. The van der Waals surface area contributed by atoms with E-state index in [0.717, 1.165) is 18.5 Å². The summed E-state index contributed by atoms with van der Waals surface area (Å²) in [4.78, 5) is 14.3. The van der Waals surface area contributed by atoms with E-state index in [0.29, 0.717) is 31.0 Å². The highest BCUT2D eigenvalue weighted by Gasteiger charge is 2.39. The van der Waals surface area contributed by atoms with Crippen molar-refractivity contribution in [1.82, 2.24) is 19.8 Å². The molecule has 2 atom stereocenters. The number of fused-ring (bicyclic) bond motifs is 1. The molecule has 0 spiro atoms. The van der Waals surface area contributed by atoms with Crippen molar-refractivity contribution in [3.05, 3.63) is 29.3 Å². The molecule has 0 bridgehead atoms. The van der Waals surface area contributed by atoms with Gasteiger partial charge < -0.3 is 14.7 Å². The number of likely N-dealkylation sites (tertiary alicyclic amines) is 1. The SMILES string of the molecule is Cc1cc(C(=O)N2CCC([C@@H]3C[C@H](C(F)F)n4nc(C(C)(C)C)cc4N3)CC2)on1. The number of amides is 1. The summed E-state index contributed by atoms with van der Waals surface area (Å²) in [5.74, 6) is 0.965. The minimum Gasteiger partial charge on any atom is -0.367 e. The average Bonchev–Trinajstić information content (AvgIpc) is 3.32. The highest BCUT2D eigenvalue weighted by molar-refractivity contribution is 5.91. The molecule has 1 N–H and O–H groups in total. The molecule has 0 radical (unpaired) electrons. The molecule has 7 nitrogen and oxygen atoms in total. The fourth-order valence-electron chi connectivity index (χ4n) is 4.38. The molecule has 4 heterocycles. The Bertz CT molecular complexity index is 909. The van der Waals surface area contributed by atoms with Crippen molar-refractivity contribution >= 4 is 11.7 Å². The fraction of sp³-hybridized carbons (Fsp3) is 0.667. The number of carbonyl (C=O) groups is 1. The van der Waals surface area contributed by atoms with Crippen LogP contribution in [0.1, 0.15) is 68.0 Å². The third-order valence-electron chi connectivity index (χ3n) is 6.17. The average molecular weight is 421 g/mol. The van der Waals surface area contributed by atoms with Crippen LogP contribution in [0.2, 0.25) is 0 Å². The number of alkyl halides is 2. The van der Waals surface area contributed by atoms with E-state index < -0.39 is 12.5 Å². The molecule has 1 fully saturated rings. The Balaban J connectivity index is 1.45. The minimum atomic E-state index is -2.47. The van der Waals surface area contributed by atoms with E-state index in [-0.39, 0.29) is 29.0 Å². The van der Waals surface area contributed by atoms with Crippen LogP contribution < -0.4 is 5.32 Å². The van der Waals surface area contributed by atoms with Crippen LogP contribution in [0.15, 0.2) is 16.7 Å². The number of aryl methyl sites for hydroxylation is 1. The number of nitrogens with one attached hydrogen (secondary N) is 1. The van der Waals surface area contributed by atoms with Gasteiger partial charge in [-0.05, 0) is 32.1 Å². The quantitative estimate of drug-likeness (QED) is 0.810. The second kappa shape index (κ2) is 7.67. The van der Waals surface area contributed by atoms with Gasteiger partial charge in [-0.2, -0.15) is 5.10 Å². The van der Waals surface area contributed by atoms with Crippen LogP contribution in [0.4, 0.5) is 14.6 Å². The summed E-state index contributed by atoms with van der Waals surface area (Å²) in [6.07, 6.45) is -0.632. The number of hydrogen-bond acceptors (Lipinski definition) is 5. The number of anilines is 1. The molecule has 9 heteroatoms. The highest BCUT2D eigenvalue weighted by atomic mass is 19.3. The van der Waals surface area contributed by atoms with Crippen molar-refractivity contribution in [2.24, 2.45) is 5.92 Å². The summed E-state index contributed by atoms with van der Waals surface area (Å²) in [6, 6.07) is 2.54. The Hall–Kier alpha value is -2.45. The van der Waals surface area contributed by atoms with Gasteiger partial charge in [0.25, 0.3) is 12.3 Å². The number of aromatic nitrogens is 3. The van der Waals surface area contributed by atoms with Crippen molar-refractivity contribution in [1.29, 1.82) is 0 Å². The van der Waals surface area contributed by atoms with E-state index in [4.69, 9.17) is 4.52 Å². The second-order valence-electron chi connectivity index (χ2n) is 9.46. The van der Waals surface area contributed by atoms with E-state index in [1.807, 2.05) is 26.8 Å². The second-order valence-corrected chi connectivity index (χ2v) is 9.46. The van der Waals surface area contributed by atoms with E-state index in [1.165, 1.54) is 4.68 Å². The predicted molar refractivity (Wildman–Crippen MR) is 108 cm³/mol. The molecule has 0 saturated carbocycles. The molecule has 2 aromatic heterocycles. The van der Waals surface area contributed by atoms with Gasteiger partial charge in [0.1, 0.15) is 11.9 Å². The standard InChI is InChI=1S/C21H29F2N5O2/c1-12-9-16(30-26-12)20(29)27-7-5-13(6-8-27)14-10-15(19(22)23)28-18(24-14)11-17(25-28)21(2,3)4/h9,11,13-15,19,24H,5-8,10H2,1-4H3/t14-,15+/m0/s1. The third-order valence-corrected chi connectivity index (χ3v) is 6.17. The molecule has 2 aromatic rings. The van der Waals surface area contributed by atoms with Crippen molar-refractivity contribution < 1.29 is 18.1 Å². The Labute approximate surface area is 174 Å². The summed E-state index contributed by atoms with van der Waals surface area (Å²) in [5, 5.41) is 11.7. The van der Waals surface area contributed by atoms with Gasteiger partial charge in [0.05, 0.1) is 11.4 Å². The van der Waals surface area contributed by atoms with Crippen LogP contribution in [-0.4, -0.2) is 51.3 Å². The van der Waals surface area contributed by atoms with Crippen LogP contribution in [0.25, 0.3) is 0 Å². The molecule has 2 aliphatic heterocycles. The van der Waals surface area contributed by atoms with Crippen LogP contribution in [0, 0.1) is 12.8 Å². The first-order valence-corrected chi connectivity index (χ1v) is 10.5. The largest absolute Gasteiger partial charge is 0.367 e. The van der Waals surface area contributed by atoms with Crippen LogP contribution >= 0.6 is 0 Å². The molecule has 4 rings (SSSR count). The molecule has 0 aliphatic carbocycles. The van der Waals surface area contributed by atoms with Crippen LogP contribution in [-0.2, 0) is 5.41 Å². The molecule has 30 heavy (non-hydrogen) atoms. The van der Waals surface area contributed by atoms with Gasteiger partial charge in [-0.3, -0.25) is 4.79 Å². The van der Waals surface area contributed by atoms with Crippen molar-refractivity contribution in [2.75, 3.05) is 18.4 Å². The Morgan fingerprint density at radius 2 is 1.97 bits per heavy atom. The van der Waals surface area contributed by atoms with E-state index in [1.54, 1.807) is 17.9 Å². The highest BCUT2D eigenvalue weighted by Crippen LogP contribution is 2.38. The normalized spacial score (nSPS) is 22.8. The molecule has 1 saturated heterocycles. The fourth-order valence-corrected chi connectivity index (χ4v) is 4.38. The van der Waals surface area contributed by atoms with Crippen molar-refractivity contribution in [2.45, 2.75) is 70.9 Å². The number of halogens is 2. The zero-order valence-corrected chi connectivity index (χ0v) is 17.9. The Morgan fingerprint density at radius 1 is 1.27 bits per heavy atom. The predicted octanol–water partition coefficient (Wildman–Crippen LogP) is 4.02. The lowest BCUT2D eigenvalue weighted by atomic mass is 9.85. The van der Waals surface area contributed by atoms with Gasteiger partial charge in [0, 0.05) is 36.7 Å². The molecule has 1 amide bonds. The van der Waals surface area contributed by atoms with Crippen molar-refractivity contribution in [3.63, 3.8) is 0 Å². The van der Waals surface area contributed by atoms with Crippen LogP contribution in [0.3, 0.4) is 0 Å². The van der Waals surface area contributed by atoms with Crippen molar-refractivity contribution in [3.8, 4) is 0 Å². The molecular weight excluding hydrogens is 392 g/mol. The number of piperidine rings is 1. The number of carbonyl (C=O) groups excluding carboxylic acids is 1. The number of nitrogens with zero attached hydrogens (tertiary/aromatic N) is 4. The topological polar surface area (TPSA) is 76.2 Å². The molecule has 2 aliphatic rings. The summed E-state index contributed by atoms with van der Waals surface area (Å²) in [7, 11) is 0. The van der Waals surface area contributed by atoms with Gasteiger partial charge in [-0.1, -0.05) is 25.9 Å². The number of rotatable bonds is 3. The smallest absolute Gasteiger partial charge is 0.292 e. The van der Waals surface area contributed by atoms with E-state index >= 15 is 0 Å². The lowest BCUT2D eigenvalue weighted by Crippen LogP contribution is -2.46. The van der Waals surface area contributed by atoms with Gasteiger partial charge in [-0.15, -0.1) is 0 Å². The Morgan fingerprint density at radius 3 is 2.53 bits per heavy atom. The minimum absolute atomic E-state index is 0.0641. The molecular formula is C21H29F2N5O2. The first-order valence-electron chi connectivity index (χ1n) is 10.5. The summed E-state index contributed by atoms with van der Waals surface area (Å²) >= 11 is 0. The zero-order valence-electron chi connectivity index (χ0n) is 17.9. The maximum atomic E-state index is 13.8. The zero-order chi connectivity index (χ0) is 21.6. The Kier molecular flexibility index (Phi) is 5.32. The first-order chi connectivity index (χ1) is 14.1. The van der Waals surface area contributed by atoms with E-state index in [9.17, 15) is 13.6 Å². The van der Waals surface area contributed by atoms with Gasteiger partial charge in [0.2, 0.25) is 5.76 Å². The monoisotopic (exact) mass is 421 g/mol. The maximum Gasteiger partial charge on any atom is 0.292 e. The summed E-state index contributed by atoms with van der Waals surface area (Å²) < 4.78 is 34.2. The third kappa shape index (κ3) is 3.94. The van der Waals surface area contributed by atoms with Gasteiger partial charge in [0.15, 0.2) is 0 Å². The van der Waals surface area contributed by atoms with Gasteiger partial charge >= 0.3 is 0 Å². The first kappa shape index (κ1) is 20.8. The number of hydrogen-bond donors (Lipinski definition) is 1. The lowest BCUT2D eigenvalue weighted by Gasteiger charge is -2.40. The maximum absolute atomic E-state index is 13.8. The molecule has 0 aromatic carbocycles. The van der Waals surface area contributed by atoms with E-state index in [2.05, 4.69) is 15.6 Å². The molecule has 0 unspecified atom stereocenters.